The van der Waals surface area contributed by atoms with E-state index in [4.69, 9.17) is 9.47 Å². The molecule has 4 rings (SSSR count). The molecule has 10 heteroatoms. The number of anilines is 1. The van der Waals surface area contributed by atoms with Gasteiger partial charge in [0.05, 0.1) is 23.0 Å². The SMILES string of the molecule is CC(C)(C)OC(=O)N1CCC(c2cc(NC(=O)c3ccccc3O)c3cnn(C(=O)OC(C)(C)C)c3c2)CC1. The quantitative estimate of drug-likeness (QED) is 0.428. The number of amides is 2. The second-order valence-corrected chi connectivity index (χ2v) is 11.8. The standard InChI is InChI=1S/C29H36N4O6/c1-28(2,3)38-26(36)32-13-11-18(12-14-32)19-15-22(31-25(35)20-9-7-8-10-24(20)34)21-17-30-33(23(21)16-19)27(37)39-29(4,5)6/h7-10,15-18,34H,11-14H2,1-6H3,(H,31,35). The van der Waals surface area contributed by atoms with Crippen LogP contribution in [0.3, 0.4) is 0 Å². The van der Waals surface area contributed by atoms with Crippen LogP contribution in [0.2, 0.25) is 0 Å². The number of phenols is 1. The average Bonchev–Trinajstić information content (AvgIpc) is 3.27. The molecule has 1 fully saturated rings. The van der Waals surface area contributed by atoms with E-state index in [1.54, 1.807) is 37.8 Å². The Morgan fingerprint density at radius 2 is 1.56 bits per heavy atom. The lowest BCUT2D eigenvalue weighted by molar-refractivity contribution is 0.0204. The van der Waals surface area contributed by atoms with Gasteiger partial charge in [0.1, 0.15) is 17.0 Å². The number of benzene rings is 2. The third kappa shape index (κ3) is 6.68. The number of likely N-dealkylation sites (tertiary alicyclic amines) is 1. The smallest absolute Gasteiger partial charge is 0.435 e. The van der Waals surface area contributed by atoms with Gasteiger partial charge in [-0.2, -0.15) is 9.78 Å². The Hall–Kier alpha value is -4.08. The maximum atomic E-state index is 13.1. The van der Waals surface area contributed by atoms with Gasteiger partial charge in [-0.1, -0.05) is 12.1 Å². The fraction of sp³-hybridized carbons (Fsp3) is 0.448. The van der Waals surface area contributed by atoms with Crippen molar-refractivity contribution in [1.82, 2.24) is 14.7 Å². The Morgan fingerprint density at radius 1 is 0.949 bits per heavy atom. The normalized spacial score (nSPS) is 14.8. The molecule has 0 bridgehead atoms. The van der Waals surface area contributed by atoms with Crippen LogP contribution < -0.4 is 5.32 Å². The zero-order chi connectivity index (χ0) is 28.5. The molecule has 0 unspecified atom stereocenters. The number of hydrogen-bond acceptors (Lipinski definition) is 7. The zero-order valence-electron chi connectivity index (χ0n) is 23.3. The molecule has 2 heterocycles. The van der Waals surface area contributed by atoms with Gasteiger partial charge in [-0.15, -0.1) is 0 Å². The van der Waals surface area contributed by atoms with E-state index in [-0.39, 0.29) is 23.3 Å². The highest BCUT2D eigenvalue weighted by Crippen LogP contribution is 2.35. The Bertz CT molecular complexity index is 1390. The van der Waals surface area contributed by atoms with Crippen molar-refractivity contribution < 1.29 is 29.0 Å². The van der Waals surface area contributed by atoms with E-state index < -0.39 is 23.2 Å². The molecule has 0 spiro atoms. The fourth-order valence-electron chi connectivity index (χ4n) is 4.52. The number of phenolic OH excluding ortho intramolecular Hbond substituents is 1. The van der Waals surface area contributed by atoms with Crippen molar-refractivity contribution in [1.29, 1.82) is 0 Å². The Labute approximate surface area is 227 Å². The minimum absolute atomic E-state index is 0.0656. The zero-order valence-corrected chi connectivity index (χ0v) is 23.3. The molecule has 1 aromatic heterocycles. The summed E-state index contributed by atoms with van der Waals surface area (Å²) in [6, 6.07) is 10.0. The lowest BCUT2D eigenvalue weighted by Crippen LogP contribution is -2.41. The molecular weight excluding hydrogens is 500 g/mol. The van der Waals surface area contributed by atoms with Crippen molar-refractivity contribution in [2.24, 2.45) is 0 Å². The fourth-order valence-corrected chi connectivity index (χ4v) is 4.52. The second-order valence-electron chi connectivity index (χ2n) is 11.8. The molecular formula is C29H36N4O6. The molecule has 2 N–H and O–H groups in total. The van der Waals surface area contributed by atoms with Crippen LogP contribution in [0.5, 0.6) is 5.75 Å². The third-order valence-corrected chi connectivity index (χ3v) is 6.29. The average molecular weight is 537 g/mol. The summed E-state index contributed by atoms with van der Waals surface area (Å²) in [5.41, 5.74) is 0.678. The molecule has 1 aliphatic heterocycles. The summed E-state index contributed by atoms with van der Waals surface area (Å²) < 4.78 is 12.3. The summed E-state index contributed by atoms with van der Waals surface area (Å²) in [6.07, 6.45) is 1.90. The van der Waals surface area contributed by atoms with Crippen molar-refractivity contribution in [3.05, 3.63) is 53.7 Å². The largest absolute Gasteiger partial charge is 0.507 e. The molecule has 3 aromatic rings. The first kappa shape index (κ1) is 27.9. The molecule has 0 atom stereocenters. The van der Waals surface area contributed by atoms with Gasteiger partial charge in [0.2, 0.25) is 0 Å². The predicted molar refractivity (Wildman–Crippen MR) is 147 cm³/mol. The lowest BCUT2D eigenvalue weighted by Gasteiger charge is -2.33. The molecule has 2 aromatic carbocycles. The van der Waals surface area contributed by atoms with Crippen LogP contribution in [0.1, 0.15) is 76.2 Å². The van der Waals surface area contributed by atoms with E-state index in [1.807, 2.05) is 32.9 Å². The van der Waals surface area contributed by atoms with Gasteiger partial charge in [-0.05, 0) is 90.1 Å². The molecule has 10 nitrogen and oxygen atoms in total. The van der Waals surface area contributed by atoms with Gasteiger partial charge >= 0.3 is 12.2 Å². The van der Waals surface area contributed by atoms with Crippen molar-refractivity contribution in [3.8, 4) is 5.75 Å². The van der Waals surface area contributed by atoms with Crippen molar-refractivity contribution >= 4 is 34.7 Å². The number of carbonyl (C=O) groups excluding carboxylic acids is 3. The van der Waals surface area contributed by atoms with Gasteiger partial charge in [-0.3, -0.25) is 4.79 Å². The van der Waals surface area contributed by atoms with Crippen LogP contribution in [-0.4, -0.2) is 62.2 Å². The first-order chi connectivity index (χ1) is 18.2. The predicted octanol–water partition coefficient (Wildman–Crippen LogP) is 5.89. The molecule has 2 amide bonds. The van der Waals surface area contributed by atoms with E-state index >= 15 is 0 Å². The number of rotatable bonds is 3. The second kappa shape index (κ2) is 10.6. The van der Waals surface area contributed by atoms with Gasteiger partial charge in [0, 0.05) is 18.5 Å². The summed E-state index contributed by atoms with van der Waals surface area (Å²) in [5.74, 6) is -0.562. The van der Waals surface area contributed by atoms with E-state index in [1.165, 1.54) is 23.0 Å². The summed E-state index contributed by atoms with van der Waals surface area (Å²) in [7, 11) is 0. The Balaban J connectivity index is 1.67. The summed E-state index contributed by atoms with van der Waals surface area (Å²) >= 11 is 0. The highest BCUT2D eigenvalue weighted by atomic mass is 16.6. The number of carbonyl (C=O) groups is 3. The number of piperidine rings is 1. The van der Waals surface area contributed by atoms with Crippen LogP contribution in [0, 0.1) is 0 Å². The van der Waals surface area contributed by atoms with Crippen LogP contribution in [0.4, 0.5) is 15.3 Å². The number of nitrogens with zero attached hydrogens (tertiary/aromatic N) is 3. The molecule has 0 radical (unpaired) electrons. The van der Waals surface area contributed by atoms with Crippen molar-refractivity contribution in [3.63, 3.8) is 0 Å². The number of fused-ring (bicyclic) bond motifs is 1. The van der Waals surface area contributed by atoms with E-state index in [0.717, 1.165) is 5.56 Å². The first-order valence-electron chi connectivity index (χ1n) is 13.0. The minimum atomic E-state index is -0.719. The maximum Gasteiger partial charge on any atom is 0.435 e. The number of aromatic nitrogens is 2. The highest BCUT2D eigenvalue weighted by molar-refractivity contribution is 6.10. The van der Waals surface area contributed by atoms with Gasteiger partial charge in [0.25, 0.3) is 5.91 Å². The molecule has 0 aliphatic carbocycles. The minimum Gasteiger partial charge on any atom is -0.507 e. The van der Waals surface area contributed by atoms with Crippen molar-refractivity contribution in [2.45, 2.75) is 71.5 Å². The topological polar surface area (TPSA) is 123 Å². The summed E-state index contributed by atoms with van der Waals surface area (Å²) in [5, 5.41) is 17.9. The number of nitrogens with one attached hydrogen (secondary N) is 1. The maximum absolute atomic E-state index is 13.1. The first-order valence-corrected chi connectivity index (χ1v) is 13.0. The van der Waals surface area contributed by atoms with Crippen LogP contribution in [0.25, 0.3) is 10.9 Å². The number of ether oxygens (including phenoxy) is 2. The van der Waals surface area contributed by atoms with Crippen LogP contribution in [0.15, 0.2) is 42.6 Å². The summed E-state index contributed by atoms with van der Waals surface area (Å²) in [4.78, 5) is 40.3. The van der Waals surface area contributed by atoms with Gasteiger partial charge in [0.15, 0.2) is 0 Å². The van der Waals surface area contributed by atoms with Gasteiger partial charge in [-0.25, -0.2) is 9.59 Å². The van der Waals surface area contributed by atoms with Crippen molar-refractivity contribution in [2.75, 3.05) is 18.4 Å². The molecule has 1 saturated heterocycles. The third-order valence-electron chi connectivity index (χ3n) is 6.29. The highest BCUT2D eigenvalue weighted by Gasteiger charge is 2.29. The summed E-state index contributed by atoms with van der Waals surface area (Å²) in [6.45, 7) is 11.9. The van der Waals surface area contributed by atoms with E-state index in [0.29, 0.717) is 42.5 Å². The number of hydrogen-bond donors (Lipinski definition) is 2. The molecule has 39 heavy (non-hydrogen) atoms. The Kier molecular flexibility index (Phi) is 7.59. The number of aromatic hydroxyl groups is 1. The lowest BCUT2D eigenvalue weighted by atomic mass is 9.88. The molecule has 208 valence electrons. The van der Waals surface area contributed by atoms with Crippen LogP contribution >= 0.6 is 0 Å². The van der Waals surface area contributed by atoms with E-state index in [9.17, 15) is 19.5 Å². The number of para-hydroxylation sites is 1. The van der Waals surface area contributed by atoms with Crippen LogP contribution in [-0.2, 0) is 9.47 Å². The monoisotopic (exact) mass is 536 g/mol. The van der Waals surface area contributed by atoms with Gasteiger partial charge < -0.3 is 24.8 Å². The van der Waals surface area contributed by atoms with E-state index in [2.05, 4.69) is 10.4 Å². The molecule has 0 saturated carbocycles. The Morgan fingerprint density at radius 3 is 2.18 bits per heavy atom. The molecule has 1 aliphatic rings.